The van der Waals surface area contributed by atoms with Crippen LogP contribution in [0.3, 0.4) is 0 Å². The summed E-state index contributed by atoms with van der Waals surface area (Å²) in [5.41, 5.74) is 0.431. The predicted octanol–water partition coefficient (Wildman–Crippen LogP) is 1.61. The van der Waals surface area contributed by atoms with E-state index in [0.29, 0.717) is 5.41 Å². The zero-order chi connectivity index (χ0) is 14.1. The van der Waals surface area contributed by atoms with Gasteiger partial charge in [-0.3, -0.25) is 0 Å². The van der Waals surface area contributed by atoms with Gasteiger partial charge in [0.15, 0.2) is 0 Å². The maximum Gasteiger partial charge on any atom is 0.0589 e. The van der Waals surface area contributed by atoms with Gasteiger partial charge < -0.3 is 19.7 Å². The van der Waals surface area contributed by atoms with Crippen LogP contribution in [0.1, 0.15) is 26.7 Å². The molecule has 1 N–H and O–H groups in total. The van der Waals surface area contributed by atoms with Crippen LogP contribution in [0, 0.1) is 11.3 Å². The molecule has 4 nitrogen and oxygen atoms in total. The minimum atomic E-state index is 0.431. The van der Waals surface area contributed by atoms with Gasteiger partial charge in [0.05, 0.1) is 6.61 Å². The Morgan fingerprint density at radius 2 is 1.89 bits per heavy atom. The monoisotopic (exact) mass is 272 g/mol. The molecule has 1 heterocycles. The number of hydrogen-bond acceptors (Lipinski definition) is 4. The van der Waals surface area contributed by atoms with E-state index in [4.69, 9.17) is 9.47 Å². The third-order valence-corrected chi connectivity index (χ3v) is 4.47. The van der Waals surface area contributed by atoms with Gasteiger partial charge in [-0.1, -0.05) is 13.8 Å². The van der Waals surface area contributed by atoms with Crippen molar-refractivity contribution in [3.63, 3.8) is 0 Å². The summed E-state index contributed by atoms with van der Waals surface area (Å²) in [6.45, 7) is 12.0. The molecule has 19 heavy (non-hydrogen) atoms. The lowest BCUT2D eigenvalue weighted by atomic mass is 9.76. The highest BCUT2D eigenvalue weighted by molar-refractivity contribution is 4.92. The molecule has 0 aromatic rings. The molecule has 1 fully saturated rings. The molecule has 0 radical (unpaired) electrons. The average Bonchev–Trinajstić information content (AvgIpc) is 2.86. The first-order valence-electron chi connectivity index (χ1n) is 7.55. The fraction of sp³-hybridized carbons (Fsp3) is 1.00. The second kappa shape index (κ2) is 8.90. The lowest BCUT2D eigenvalue weighted by Crippen LogP contribution is -2.44. The summed E-state index contributed by atoms with van der Waals surface area (Å²) in [6.07, 6.45) is 2.39. The Bertz CT molecular complexity index is 228. The van der Waals surface area contributed by atoms with Crippen LogP contribution >= 0.6 is 0 Å². The van der Waals surface area contributed by atoms with E-state index in [2.05, 4.69) is 24.1 Å². The summed E-state index contributed by atoms with van der Waals surface area (Å²) >= 11 is 0. The first-order chi connectivity index (χ1) is 9.14. The molecule has 0 aromatic heterocycles. The fourth-order valence-corrected chi connectivity index (χ4v) is 2.94. The van der Waals surface area contributed by atoms with E-state index in [1.54, 1.807) is 14.2 Å². The number of nitrogens with zero attached hydrogens (tertiary/aromatic N) is 1. The van der Waals surface area contributed by atoms with Crippen LogP contribution in [0.15, 0.2) is 0 Å². The van der Waals surface area contributed by atoms with E-state index in [0.717, 1.165) is 51.7 Å². The smallest absolute Gasteiger partial charge is 0.0589 e. The minimum Gasteiger partial charge on any atom is -0.385 e. The Morgan fingerprint density at radius 3 is 2.42 bits per heavy atom. The van der Waals surface area contributed by atoms with Crippen LogP contribution in [0.4, 0.5) is 0 Å². The van der Waals surface area contributed by atoms with Gasteiger partial charge in [0, 0.05) is 47.0 Å². The summed E-state index contributed by atoms with van der Waals surface area (Å²) in [5.74, 6) is 0.718. The van der Waals surface area contributed by atoms with Crippen molar-refractivity contribution in [1.82, 2.24) is 10.2 Å². The van der Waals surface area contributed by atoms with Crippen molar-refractivity contribution in [2.45, 2.75) is 26.7 Å². The van der Waals surface area contributed by atoms with Crippen molar-refractivity contribution in [3.8, 4) is 0 Å². The molecule has 0 spiro atoms. The SMILES string of the molecule is COCCCN(CCOC)CC1(C(C)C)CCNC1. The third-order valence-electron chi connectivity index (χ3n) is 4.47. The van der Waals surface area contributed by atoms with E-state index in [-0.39, 0.29) is 0 Å². The second-order valence-corrected chi connectivity index (χ2v) is 6.06. The Labute approximate surface area is 118 Å². The van der Waals surface area contributed by atoms with Gasteiger partial charge in [0.1, 0.15) is 0 Å². The van der Waals surface area contributed by atoms with Crippen LogP contribution in [0.5, 0.6) is 0 Å². The summed E-state index contributed by atoms with van der Waals surface area (Å²) < 4.78 is 10.4. The van der Waals surface area contributed by atoms with E-state index in [1.165, 1.54) is 13.0 Å². The standard InChI is InChI=1S/C15H32N2O2/c1-14(2)15(6-7-16-12-15)13-17(9-11-19-4)8-5-10-18-3/h14,16H,5-13H2,1-4H3. The van der Waals surface area contributed by atoms with Crippen molar-refractivity contribution < 1.29 is 9.47 Å². The molecule has 0 saturated carbocycles. The lowest BCUT2D eigenvalue weighted by Gasteiger charge is -2.38. The zero-order valence-electron chi connectivity index (χ0n) is 13.2. The maximum atomic E-state index is 5.25. The molecule has 0 amide bonds. The van der Waals surface area contributed by atoms with Crippen molar-refractivity contribution in [2.24, 2.45) is 11.3 Å². The Balaban J connectivity index is 2.52. The van der Waals surface area contributed by atoms with Crippen molar-refractivity contribution in [2.75, 3.05) is 60.2 Å². The van der Waals surface area contributed by atoms with Gasteiger partial charge in [-0.15, -0.1) is 0 Å². The largest absolute Gasteiger partial charge is 0.385 e. The van der Waals surface area contributed by atoms with Crippen LogP contribution < -0.4 is 5.32 Å². The molecule has 0 aliphatic carbocycles. The topological polar surface area (TPSA) is 33.7 Å². The zero-order valence-corrected chi connectivity index (χ0v) is 13.2. The Morgan fingerprint density at radius 1 is 1.16 bits per heavy atom. The van der Waals surface area contributed by atoms with Gasteiger partial charge in [-0.2, -0.15) is 0 Å². The van der Waals surface area contributed by atoms with Crippen molar-refractivity contribution in [3.05, 3.63) is 0 Å². The summed E-state index contributed by atoms with van der Waals surface area (Å²) in [5, 5.41) is 3.54. The van der Waals surface area contributed by atoms with Gasteiger partial charge in [0.2, 0.25) is 0 Å². The molecular formula is C15H32N2O2. The second-order valence-electron chi connectivity index (χ2n) is 6.06. The van der Waals surface area contributed by atoms with Gasteiger partial charge in [0.25, 0.3) is 0 Å². The molecule has 1 unspecified atom stereocenters. The van der Waals surface area contributed by atoms with Gasteiger partial charge >= 0.3 is 0 Å². The molecule has 1 aliphatic rings. The molecule has 0 bridgehead atoms. The molecular weight excluding hydrogens is 240 g/mol. The number of nitrogens with one attached hydrogen (secondary N) is 1. The summed E-state index contributed by atoms with van der Waals surface area (Å²) in [7, 11) is 3.55. The molecule has 1 aliphatic heterocycles. The molecule has 1 saturated heterocycles. The lowest BCUT2D eigenvalue weighted by molar-refractivity contribution is 0.0799. The molecule has 1 atom stereocenters. The molecule has 114 valence electrons. The fourth-order valence-electron chi connectivity index (χ4n) is 2.94. The maximum absolute atomic E-state index is 5.25. The highest BCUT2D eigenvalue weighted by Gasteiger charge is 2.38. The van der Waals surface area contributed by atoms with Crippen LogP contribution in [0.2, 0.25) is 0 Å². The Hall–Kier alpha value is -0.160. The number of ether oxygens (including phenoxy) is 2. The number of hydrogen-bond donors (Lipinski definition) is 1. The van der Waals surface area contributed by atoms with Crippen LogP contribution in [-0.4, -0.2) is 65.1 Å². The van der Waals surface area contributed by atoms with Crippen LogP contribution in [-0.2, 0) is 9.47 Å². The summed E-state index contributed by atoms with van der Waals surface area (Å²) in [4.78, 5) is 2.55. The van der Waals surface area contributed by atoms with E-state index < -0.39 is 0 Å². The molecule has 1 rings (SSSR count). The van der Waals surface area contributed by atoms with E-state index in [1.807, 2.05) is 0 Å². The average molecular weight is 272 g/mol. The Kier molecular flexibility index (Phi) is 7.91. The first-order valence-corrected chi connectivity index (χ1v) is 7.55. The molecule has 0 aromatic carbocycles. The normalized spacial score (nSPS) is 23.7. The van der Waals surface area contributed by atoms with Gasteiger partial charge in [-0.25, -0.2) is 0 Å². The number of rotatable bonds is 10. The van der Waals surface area contributed by atoms with Crippen LogP contribution in [0.25, 0.3) is 0 Å². The van der Waals surface area contributed by atoms with Crippen molar-refractivity contribution in [1.29, 1.82) is 0 Å². The minimum absolute atomic E-state index is 0.431. The molecule has 4 heteroatoms. The van der Waals surface area contributed by atoms with E-state index >= 15 is 0 Å². The highest BCUT2D eigenvalue weighted by Crippen LogP contribution is 2.35. The van der Waals surface area contributed by atoms with E-state index in [9.17, 15) is 0 Å². The number of methoxy groups -OCH3 is 2. The predicted molar refractivity (Wildman–Crippen MR) is 79.6 cm³/mol. The summed E-state index contributed by atoms with van der Waals surface area (Å²) in [6, 6.07) is 0. The van der Waals surface area contributed by atoms with Gasteiger partial charge in [-0.05, 0) is 30.7 Å². The first kappa shape index (κ1) is 16.9. The quantitative estimate of drug-likeness (QED) is 0.613. The van der Waals surface area contributed by atoms with Crippen molar-refractivity contribution >= 4 is 0 Å². The third kappa shape index (κ3) is 5.38. The highest BCUT2D eigenvalue weighted by atomic mass is 16.5.